The molecule has 1 N–H and O–H groups in total. The van der Waals surface area contributed by atoms with Crippen LogP contribution in [0.3, 0.4) is 0 Å². The number of nitrogens with zero attached hydrogens (tertiary/aromatic N) is 1. The van der Waals surface area contributed by atoms with Gasteiger partial charge in [-0.1, -0.05) is 0 Å². The molecule has 2 heterocycles. The molecule has 2 fully saturated rings. The molecule has 0 aromatic carbocycles. The van der Waals surface area contributed by atoms with Crippen LogP contribution in [0.1, 0.15) is 41.1 Å². The third-order valence-corrected chi connectivity index (χ3v) is 4.20. The van der Waals surface area contributed by atoms with E-state index in [4.69, 9.17) is 14.3 Å². The van der Waals surface area contributed by atoms with E-state index >= 15 is 0 Å². The van der Waals surface area contributed by atoms with Gasteiger partial charge in [0.1, 0.15) is 5.76 Å². The highest BCUT2D eigenvalue weighted by Crippen LogP contribution is 2.31. The molecule has 0 bridgehead atoms. The van der Waals surface area contributed by atoms with Crippen LogP contribution in [-0.4, -0.2) is 41.3 Å². The molecule has 19 heavy (non-hydrogen) atoms. The lowest BCUT2D eigenvalue weighted by molar-refractivity contribution is -0.0589. The minimum absolute atomic E-state index is 0.0312. The zero-order chi connectivity index (χ0) is 13.4. The Hall–Kier alpha value is -1.33. The van der Waals surface area contributed by atoms with Crippen molar-refractivity contribution in [2.45, 2.75) is 44.9 Å². The largest absolute Gasteiger partial charge is 0.475 e. The van der Waals surface area contributed by atoms with Crippen LogP contribution in [0.25, 0.3) is 0 Å². The summed E-state index contributed by atoms with van der Waals surface area (Å²) >= 11 is 0. The number of carbonyl (C=O) groups is 1. The third-order valence-electron chi connectivity index (χ3n) is 4.20. The zero-order valence-electron chi connectivity index (χ0n) is 11.1. The first kappa shape index (κ1) is 12.7. The van der Waals surface area contributed by atoms with Crippen molar-refractivity contribution in [1.82, 2.24) is 4.90 Å². The molecule has 1 aromatic rings. The molecular weight excluding hydrogens is 246 g/mol. The fraction of sp³-hybridized carbons (Fsp3) is 0.643. The topological polar surface area (TPSA) is 62.9 Å². The molecular formula is C14H19NO4. The molecule has 5 nitrogen and oxygen atoms in total. The number of furan rings is 1. The monoisotopic (exact) mass is 265 g/mol. The number of aromatic carboxylic acids is 1. The Kier molecular flexibility index (Phi) is 3.33. The van der Waals surface area contributed by atoms with E-state index in [0.29, 0.717) is 17.9 Å². The summed E-state index contributed by atoms with van der Waals surface area (Å²) < 4.78 is 11.1. The summed E-state index contributed by atoms with van der Waals surface area (Å²) in [4.78, 5) is 13.3. The fourth-order valence-electron chi connectivity index (χ4n) is 3.20. The first-order valence-electron chi connectivity index (χ1n) is 6.83. The van der Waals surface area contributed by atoms with Gasteiger partial charge in [-0.25, -0.2) is 4.79 Å². The van der Waals surface area contributed by atoms with E-state index in [-0.39, 0.29) is 5.76 Å². The highest BCUT2D eigenvalue weighted by Gasteiger charge is 2.36. The van der Waals surface area contributed by atoms with E-state index in [1.54, 1.807) is 6.07 Å². The summed E-state index contributed by atoms with van der Waals surface area (Å²) in [6, 6.07) is 2.13. The second kappa shape index (κ2) is 4.98. The minimum atomic E-state index is -1.00. The maximum absolute atomic E-state index is 10.9. The molecule has 1 saturated heterocycles. The van der Waals surface area contributed by atoms with Crippen molar-refractivity contribution in [3.8, 4) is 0 Å². The Morgan fingerprint density at radius 2 is 2.37 bits per heavy atom. The smallest absolute Gasteiger partial charge is 0.371 e. The number of hydrogen-bond donors (Lipinski definition) is 1. The van der Waals surface area contributed by atoms with Crippen LogP contribution in [0.2, 0.25) is 0 Å². The lowest BCUT2D eigenvalue weighted by Crippen LogP contribution is -2.47. The van der Waals surface area contributed by atoms with Crippen molar-refractivity contribution in [3.63, 3.8) is 0 Å². The summed E-state index contributed by atoms with van der Waals surface area (Å²) in [5.41, 5.74) is 0.977. The van der Waals surface area contributed by atoms with Gasteiger partial charge in [0.15, 0.2) is 0 Å². The lowest BCUT2D eigenvalue weighted by Gasteiger charge is -2.37. The maximum Gasteiger partial charge on any atom is 0.371 e. The number of carboxylic acid groups (broad SMARTS) is 1. The molecule has 1 aliphatic heterocycles. The molecule has 5 heteroatoms. The van der Waals surface area contributed by atoms with Crippen LogP contribution in [0, 0.1) is 6.92 Å². The Balaban J connectivity index is 1.75. The summed E-state index contributed by atoms with van der Waals surface area (Å²) in [6.07, 6.45) is 3.90. The molecule has 2 unspecified atom stereocenters. The Labute approximate surface area is 112 Å². The number of morpholine rings is 1. The van der Waals surface area contributed by atoms with Gasteiger partial charge in [-0.2, -0.15) is 0 Å². The number of fused-ring (bicyclic) bond motifs is 1. The lowest BCUT2D eigenvalue weighted by atomic mass is 10.1. The highest BCUT2D eigenvalue weighted by molar-refractivity contribution is 5.84. The molecule has 2 aliphatic rings. The van der Waals surface area contributed by atoms with Gasteiger partial charge in [0.25, 0.3) is 0 Å². The minimum Gasteiger partial charge on any atom is -0.475 e. The Bertz CT molecular complexity index is 482. The summed E-state index contributed by atoms with van der Waals surface area (Å²) in [6.45, 7) is 4.26. The van der Waals surface area contributed by atoms with Crippen molar-refractivity contribution < 1.29 is 19.1 Å². The van der Waals surface area contributed by atoms with Crippen LogP contribution in [-0.2, 0) is 11.3 Å². The summed E-state index contributed by atoms with van der Waals surface area (Å²) in [5, 5.41) is 8.95. The van der Waals surface area contributed by atoms with E-state index in [1.165, 1.54) is 12.8 Å². The van der Waals surface area contributed by atoms with Gasteiger partial charge in [0, 0.05) is 24.7 Å². The highest BCUT2D eigenvalue weighted by atomic mass is 16.5. The molecule has 1 aliphatic carbocycles. The first-order valence-corrected chi connectivity index (χ1v) is 6.83. The zero-order valence-corrected chi connectivity index (χ0v) is 11.1. The molecule has 104 valence electrons. The first-order chi connectivity index (χ1) is 9.15. The average Bonchev–Trinajstić information content (AvgIpc) is 2.97. The molecule has 0 radical (unpaired) electrons. The predicted molar refractivity (Wildman–Crippen MR) is 68.2 cm³/mol. The molecule has 1 saturated carbocycles. The Morgan fingerprint density at radius 1 is 1.53 bits per heavy atom. The number of aryl methyl sites for hydroxylation is 1. The molecule has 2 atom stereocenters. The van der Waals surface area contributed by atoms with E-state index < -0.39 is 5.97 Å². The third kappa shape index (κ3) is 2.40. The van der Waals surface area contributed by atoms with Gasteiger partial charge >= 0.3 is 5.97 Å². The van der Waals surface area contributed by atoms with Crippen LogP contribution in [0.5, 0.6) is 0 Å². The van der Waals surface area contributed by atoms with Crippen molar-refractivity contribution in [2.24, 2.45) is 0 Å². The van der Waals surface area contributed by atoms with Gasteiger partial charge in [-0.3, -0.25) is 4.90 Å². The van der Waals surface area contributed by atoms with E-state index in [9.17, 15) is 4.79 Å². The second-order valence-corrected chi connectivity index (χ2v) is 5.38. The van der Waals surface area contributed by atoms with Crippen molar-refractivity contribution in [2.75, 3.05) is 13.2 Å². The Morgan fingerprint density at radius 3 is 3.11 bits per heavy atom. The van der Waals surface area contributed by atoms with Gasteiger partial charge in [0.05, 0.1) is 12.7 Å². The summed E-state index contributed by atoms with van der Waals surface area (Å²) in [7, 11) is 0. The van der Waals surface area contributed by atoms with Crippen molar-refractivity contribution in [3.05, 3.63) is 23.2 Å². The number of rotatable bonds is 3. The van der Waals surface area contributed by atoms with Crippen LogP contribution in [0.4, 0.5) is 0 Å². The normalized spacial score (nSPS) is 27.4. The number of ether oxygens (including phenoxy) is 1. The van der Waals surface area contributed by atoms with Crippen molar-refractivity contribution in [1.29, 1.82) is 0 Å². The number of hydrogen-bond acceptors (Lipinski definition) is 4. The predicted octanol–water partition coefficient (Wildman–Crippen LogP) is 2.04. The van der Waals surface area contributed by atoms with Gasteiger partial charge in [0.2, 0.25) is 5.76 Å². The van der Waals surface area contributed by atoms with Gasteiger partial charge in [-0.15, -0.1) is 0 Å². The van der Waals surface area contributed by atoms with E-state index in [2.05, 4.69) is 4.90 Å². The van der Waals surface area contributed by atoms with Crippen LogP contribution < -0.4 is 0 Å². The van der Waals surface area contributed by atoms with Crippen LogP contribution in [0.15, 0.2) is 10.5 Å². The second-order valence-electron chi connectivity index (χ2n) is 5.38. The number of carboxylic acids is 1. The summed E-state index contributed by atoms with van der Waals surface area (Å²) in [5.74, 6) is -0.266. The average molecular weight is 265 g/mol. The SMILES string of the molecule is Cc1oc(C(=O)O)cc1CN1CCOC2CCCC21. The van der Waals surface area contributed by atoms with Crippen molar-refractivity contribution >= 4 is 5.97 Å². The molecule has 0 amide bonds. The van der Waals surface area contributed by atoms with Gasteiger partial charge in [-0.05, 0) is 32.3 Å². The molecule has 1 aromatic heterocycles. The maximum atomic E-state index is 10.9. The quantitative estimate of drug-likeness (QED) is 0.906. The van der Waals surface area contributed by atoms with Gasteiger partial charge < -0.3 is 14.3 Å². The standard InChI is InChI=1S/C14H19NO4/c1-9-10(7-13(19-9)14(16)17)8-15-5-6-18-12-4-2-3-11(12)15/h7,11-12H,2-6,8H2,1H3,(H,16,17). The molecule has 3 rings (SSSR count). The van der Waals surface area contributed by atoms with E-state index in [1.807, 2.05) is 6.92 Å². The van der Waals surface area contributed by atoms with E-state index in [0.717, 1.165) is 31.7 Å². The fourth-order valence-corrected chi connectivity index (χ4v) is 3.20. The molecule has 0 spiro atoms. The van der Waals surface area contributed by atoms with Crippen LogP contribution >= 0.6 is 0 Å².